The zero-order chi connectivity index (χ0) is 20.4. The lowest BCUT2D eigenvalue weighted by atomic mass is 10.1. The SMILES string of the molecule is C/C=C\C(=NC)c1cc(Cl)ccc1OC(C(=O)O)c1ccc(Cl)cc1.CC. The number of rotatable bonds is 6. The smallest absolute Gasteiger partial charge is 0.349 e. The van der Waals surface area contributed by atoms with Gasteiger partial charge in [-0.15, -0.1) is 0 Å². The highest BCUT2D eigenvalue weighted by molar-refractivity contribution is 6.31. The molecule has 144 valence electrons. The number of hydrogen-bond donors (Lipinski definition) is 1. The van der Waals surface area contributed by atoms with E-state index in [9.17, 15) is 9.90 Å². The Morgan fingerprint density at radius 2 is 1.70 bits per heavy atom. The maximum absolute atomic E-state index is 11.7. The van der Waals surface area contributed by atoms with Crippen LogP contribution in [0.5, 0.6) is 5.75 Å². The van der Waals surface area contributed by atoms with Gasteiger partial charge >= 0.3 is 5.97 Å². The Kier molecular flexibility index (Phi) is 9.62. The minimum atomic E-state index is -1.18. The Bertz CT molecular complexity index is 815. The molecule has 0 bridgehead atoms. The minimum absolute atomic E-state index is 0.380. The Morgan fingerprint density at radius 1 is 1.11 bits per heavy atom. The fraction of sp³-hybridized carbons (Fsp3) is 0.238. The summed E-state index contributed by atoms with van der Waals surface area (Å²) in [6.45, 7) is 5.87. The van der Waals surface area contributed by atoms with E-state index in [0.29, 0.717) is 32.6 Å². The molecule has 0 aliphatic rings. The zero-order valence-electron chi connectivity index (χ0n) is 15.7. The molecule has 0 radical (unpaired) electrons. The summed E-state index contributed by atoms with van der Waals surface area (Å²) < 4.78 is 5.80. The fourth-order valence-electron chi connectivity index (χ4n) is 2.27. The lowest BCUT2D eigenvalue weighted by Crippen LogP contribution is -2.19. The first kappa shape index (κ1) is 22.7. The molecule has 1 unspecified atom stereocenters. The van der Waals surface area contributed by atoms with Crippen LogP contribution < -0.4 is 4.74 Å². The first-order valence-corrected chi connectivity index (χ1v) is 9.26. The molecule has 6 heteroatoms. The summed E-state index contributed by atoms with van der Waals surface area (Å²) in [4.78, 5) is 15.9. The van der Waals surface area contributed by atoms with Crippen molar-refractivity contribution in [2.75, 3.05) is 7.05 Å². The van der Waals surface area contributed by atoms with Gasteiger partial charge in [-0.2, -0.15) is 0 Å². The van der Waals surface area contributed by atoms with Gasteiger partial charge < -0.3 is 9.84 Å². The Balaban J connectivity index is 0.00000176. The second kappa shape index (κ2) is 11.4. The number of halogens is 2. The van der Waals surface area contributed by atoms with Crippen LogP contribution in [0.25, 0.3) is 0 Å². The van der Waals surface area contributed by atoms with Crippen molar-refractivity contribution in [3.8, 4) is 5.75 Å². The predicted molar refractivity (Wildman–Crippen MR) is 113 cm³/mol. The molecule has 4 nitrogen and oxygen atoms in total. The molecule has 0 aliphatic heterocycles. The molecule has 0 amide bonds. The molecule has 2 aromatic rings. The number of carboxylic acid groups (broad SMARTS) is 1. The summed E-state index contributed by atoms with van der Waals surface area (Å²) >= 11 is 12.0. The largest absolute Gasteiger partial charge is 0.478 e. The lowest BCUT2D eigenvalue weighted by molar-refractivity contribution is -0.145. The standard InChI is InChI=1S/C19H17Cl2NO3.C2H6/c1-3-4-16(22-2)15-11-14(21)9-10-17(15)25-18(19(23)24)12-5-7-13(20)8-6-12;1-2/h3-11,18H,1-2H3,(H,23,24);1-2H3/b4-3-,22-16?;. The van der Waals surface area contributed by atoms with Gasteiger partial charge in [-0.25, -0.2) is 4.79 Å². The van der Waals surface area contributed by atoms with E-state index in [1.165, 1.54) is 0 Å². The molecule has 0 spiro atoms. The Hall–Kier alpha value is -2.30. The second-order valence-corrected chi connectivity index (χ2v) is 6.01. The maximum Gasteiger partial charge on any atom is 0.349 e. The van der Waals surface area contributed by atoms with Crippen molar-refractivity contribution >= 4 is 34.9 Å². The quantitative estimate of drug-likeness (QED) is 0.578. The molecule has 27 heavy (non-hydrogen) atoms. The number of carbonyl (C=O) groups is 1. The van der Waals surface area contributed by atoms with Crippen LogP contribution in [0.15, 0.2) is 59.6 Å². The Labute approximate surface area is 170 Å². The van der Waals surface area contributed by atoms with Gasteiger partial charge in [0.1, 0.15) is 5.75 Å². The van der Waals surface area contributed by atoms with Crippen LogP contribution in [0.1, 0.15) is 38.0 Å². The van der Waals surface area contributed by atoms with Crippen molar-refractivity contribution in [1.29, 1.82) is 0 Å². The summed E-state index contributed by atoms with van der Waals surface area (Å²) in [6, 6.07) is 11.5. The molecule has 0 saturated heterocycles. The van der Waals surface area contributed by atoms with Gasteiger partial charge in [-0.3, -0.25) is 4.99 Å². The fourth-order valence-corrected chi connectivity index (χ4v) is 2.57. The van der Waals surface area contributed by atoms with E-state index in [2.05, 4.69) is 4.99 Å². The highest BCUT2D eigenvalue weighted by Gasteiger charge is 2.23. The molecule has 0 heterocycles. The summed E-state index contributed by atoms with van der Waals surface area (Å²) in [5.41, 5.74) is 1.74. The number of hydrogen-bond acceptors (Lipinski definition) is 3. The van der Waals surface area contributed by atoms with Crippen LogP contribution in [0.2, 0.25) is 10.0 Å². The van der Waals surface area contributed by atoms with E-state index in [4.69, 9.17) is 27.9 Å². The van der Waals surface area contributed by atoms with Crippen LogP contribution in [-0.2, 0) is 4.79 Å². The van der Waals surface area contributed by atoms with Crippen LogP contribution in [0, 0.1) is 0 Å². The number of allylic oxidation sites excluding steroid dienone is 2. The predicted octanol–water partition coefficient (Wildman–Crippen LogP) is 6.22. The van der Waals surface area contributed by atoms with E-state index in [-0.39, 0.29) is 0 Å². The molecule has 1 N–H and O–H groups in total. The third-order valence-corrected chi connectivity index (χ3v) is 3.91. The molecular weight excluding hydrogens is 385 g/mol. The summed E-state index contributed by atoms with van der Waals surface area (Å²) in [7, 11) is 1.65. The number of nitrogens with zero attached hydrogens (tertiary/aromatic N) is 1. The number of benzene rings is 2. The van der Waals surface area contributed by atoms with E-state index in [1.54, 1.807) is 55.6 Å². The van der Waals surface area contributed by atoms with Crippen LogP contribution in [0.4, 0.5) is 0 Å². The average Bonchev–Trinajstić information content (AvgIpc) is 2.67. The van der Waals surface area contributed by atoms with Crippen molar-refractivity contribution in [3.05, 3.63) is 75.8 Å². The van der Waals surface area contributed by atoms with Crippen LogP contribution in [0.3, 0.4) is 0 Å². The summed E-state index contributed by atoms with van der Waals surface area (Å²) in [6.07, 6.45) is 2.46. The molecule has 0 fully saturated rings. The number of ether oxygens (including phenoxy) is 1. The highest BCUT2D eigenvalue weighted by atomic mass is 35.5. The normalized spacial score (nSPS) is 12.3. The van der Waals surface area contributed by atoms with E-state index >= 15 is 0 Å². The van der Waals surface area contributed by atoms with Crippen LogP contribution >= 0.6 is 23.2 Å². The van der Waals surface area contributed by atoms with Gasteiger partial charge in [0, 0.05) is 28.2 Å². The first-order chi connectivity index (χ1) is 13.0. The van der Waals surface area contributed by atoms with E-state index in [1.807, 2.05) is 26.8 Å². The summed E-state index contributed by atoms with van der Waals surface area (Å²) in [5.74, 6) is -0.727. The van der Waals surface area contributed by atoms with Crippen LogP contribution in [-0.4, -0.2) is 23.8 Å². The number of aliphatic carboxylic acids is 1. The Morgan fingerprint density at radius 3 is 2.22 bits per heavy atom. The minimum Gasteiger partial charge on any atom is -0.478 e. The monoisotopic (exact) mass is 407 g/mol. The molecule has 2 rings (SSSR count). The second-order valence-electron chi connectivity index (χ2n) is 5.14. The third-order valence-electron chi connectivity index (χ3n) is 3.42. The average molecular weight is 408 g/mol. The molecule has 2 aromatic carbocycles. The van der Waals surface area contributed by atoms with Gasteiger partial charge in [0.2, 0.25) is 6.10 Å². The van der Waals surface area contributed by atoms with Gasteiger partial charge in [0.05, 0.1) is 5.71 Å². The van der Waals surface area contributed by atoms with Gasteiger partial charge in [0.15, 0.2) is 0 Å². The number of aliphatic imine (C=N–C) groups is 1. The van der Waals surface area contributed by atoms with Gasteiger partial charge in [-0.1, -0.05) is 55.3 Å². The van der Waals surface area contributed by atoms with E-state index < -0.39 is 12.1 Å². The van der Waals surface area contributed by atoms with Crippen molar-refractivity contribution in [1.82, 2.24) is 0 Å². The van der Waals surface area contributed by atoms with Gasteiger partial charge in [-0.05, 0) is 43.3 Å². The summed E-state index contributed by atoms with van der Waals surface area (Å²) in [5, 5.41) is 10.6. The van der Waals surface area contributed by atoms with Crippen molar-refractivity contribution in [2.45, 2.75) is 26.9 Å². The van der Waals surface area contributed by atoms with Crippen molar-refractivity contribution < 1.29 is 14.6 Å². The molecule has 1 atom stereocenters. The molecular formula is C21H23Cl2NO3. The van der Waals surface area contributed by atoms with Crippen molar-refractivity contribution in [3.63, 3.8) is 0 Å². The first-order valence-electron chi connectivity index (χ1n) is 8.50. The maximum atomic E-state index is 11.7. The van der Waals surface area contributed by atoms with E-state index in [0.717, 1.165) is 0 Å². The molecule has 0 saturated carbocycles. The number of carboxylic acids is 1. The zero-order valence-corrected chi connectivity index (χ0v) is 17.3. The van der Waals surface area contributed by atoms with Gasteiger partial charge in [0.25, 0.3) is 0 Å². The molecule has 0 aromatic heterocycles. The molecule has 0 aliphatic carbocycles. The third kappa shape index (κ3) is 6.42. The lowest BCUT2D eigenvalue weighted by Gasteiger charge is -2.18. The topological polar surface area (TPSA) is 58.9 Å². The highest BCUT2D eigenvalue weighted by Crippen LogP contribution is 2.29. The van der Waals surface area contributed by atoms with Crippen molar-refractivity contribution in [2.24, 2.45) is 4.99 Å².